The molecular formula is C6H10O5. The number of ketones is 1. The number of aliphatic hydroxyl groups is 4. The maximum atomic E-state index is 10.8. The van der Waals surface area contributed by atoms with Crippen molar-refractivity contribution in [3.05, 3.63) is 0 Å². The molecule has 1 aliphatic carbocycles. The Morgan fingerprint density at radius 1 is 1.36 bits per heavy atom. The molecule has 1 rings (SSSR count). The van der Waals surface area contributed by atoms with Crippen LogP contribution < -0.4 is 0 Å². The summed E-state index contributed by atoms with van der Waals surface area (Å²) in [5, 5.41) is 35.6. The molecule has 0 aromatic heterocycles. The van der Waals surface area contributed by atoms with E-state index in [4.69, 9.17) is 20.4 Å². The Kier molecular flexibility index (Phi) is 1.57. The highest BCUT2D eigenvalue weighted by molar-refractivity contribution is 5.93. The molecule has 0 heterocycles. The van der Waals surface area contributed by atoms with Gasteiger partial charge in [-0.05, 0) is 0 Å². The van der Waals surface area contributed by atoms with Crippen LogP contribution in [0.25, 0.3) is 0 Å². The normalized spacial score (nSPS) is 34.3. The van der Waals surface area contributed by atoms with Crippen LogP contribution in [-0.4, -0.2) is 37.8 Å². The fourth-order valence-corrected chi connectivity index (χ4v) is 1.18. The van der Waals surface area contributed by atoms with Crippen LogP contribution in [0.4, 0.5) is 0 Å². The molecule has 1 unspecified atom stereocenters. The first-order valence-corrected chi connectivity index (χ1v) is 3.23. The lowest BCUT2D eigenvalue weighted by Gasteiger charge is -2.17. The minimum absolute atomic E-state index is 0.348. The van der Waals surface area contributed by atoms with Crippen LogP contribution >= 0.6 is 0 Å². The number of hydrogen-bond donors (Lipinski definition) is 4. The first kappa shape index (κ1) is 8.61. The van der Waals surface area contributed by atoms with Gasteiger partial charge in [-0.15, -0.1) is 0 Å². The predicted octanol–water partition coefficient (Wildman–Crippen LogP) is -2.04. The van der Waals surface area contributed by atoms with Crippen molar-refractivity contribution in [3.8, 4) is 0 Å². The van der Waals surface area contributed by atoms with Gasteiger partial charge in [0.15, 0.2) is 0 Å². The van der Waals surface area contributed by atoms with Gasteiger partial charge in [-0.2, -0.15) is 0 Å². The second kappa shape index (κ2) is 2.01. The standard InChI is InChI=1S/C6H10O5/c1-3-2-5(8,9)4(7)6(3,10)11/h3,8-11H,2H2,1H3. The van der Waals surface area contributed by atoms with Crippen LogP contribution in [0.1, 0.15) is 13.3 Å². The van der Waals surface area contributed by atoms with E-state index in [-0.39, 0.29) is 6.42 Å². The Morgan fingerprint density at radius 3 is 1.91 bits per heavy atom. The summed E-state index contributed by atoms with van der Waals surface area (Å²) in [4.78, 5) is 10.8. The first-order chi connectivity index (χ1) is 4.78. The maximum Gasteiger partial charge on any atom is 0.250 e. The van der Waals surface area contributed by atoms with Crippen LogP contribution in [0.3, 0.4) is 0 Å². The summed E-state index contributed by atoms with van der Waals surface area (Å²) in [6.07, 6.45) is -0.348. The van der Waals surface area contributed by atoms with E-state index in [1.54, 1.807) is 0 Å². The lowest BCUT2D eigenvalue weighted by atomic mass is 10.1. The van der Waals surface area contributed by atoms with Crippen LogP contribution in [-0.2, 0) is 4.79 Å². The van der Waals surface area contributed by atoms with E-state index in [2.05, 4.69) is 0 Å². The molecule has 1 aliphatic rings. The van der Waals surface area contributed by atoms with E-state index in [0.29, 0.717) is 0 Å². The van der Waals surface area contributed by atoms with Crippen molar-refractivity contribution in [2.75, 3.05) is 0 Å². The van der Waals surface area contributed by atoms with Crippen molar-refractivity contribution in [2.24, 2.45) is 5.92 Å². The van der Waals surface area contributed by atoms with Crippen LogP contribution in [0.2, 0.25) is 0 Å². The summed E-state index contributed by atoms with van der Waals surface area (Å²) in [7, 11) is 0. The largest absolute Gasteiger partial charge is 0.360 e. The summed E-state index contributed by atoms with van der Waals surface area (Å²) in [5.41, 5.74) is 0. The zero-order valence-electron chi connectivity index (χ0n) is 5.98. The molecule has 0 saturated heterocycles. The molecule has 5 heteroatoms. The van der Waals surface area contributed by atoms with Crippen molar-refractivity contribution >= 4 is 5.78 Å². The lowest BCUT2D eigenvalue weighted by Crippen LogP contribution is -2.46. The number of carbonyl (C=O) groups excluding carboxylic acids is 1. The van der Waals surface area contributed by atoms with Gasteiger partial charge in [-0.1, -0.05) is 6.92 Å². The smallest absolute Gasteiger partial charge is 0.250 e. The van der Waals surface area contributed by atoms with Gasteiger partial charge in [0.2, 0.25) is 17.4 Å². The van der Waals surface area contributed by atoms with Gasteiger partial charge in [0.25, 0.3) is 0 Å². The van der Waals surface area contributed by atoms with Crippen LogP contribution in [0.15, 0.2) is 0 Å². The van der Waals surface area contributed by atoms with Gasteiger partial charge < -0.3 is 20.4 Å². The van der Waals surface area contributed by atoms with Gasteiger partial charge >= 0.3 is 0 Å². The third kappa shape index (κ3) is 1.06. The molecule has 64 valence electrons. The summed E-state index contributed by atoms with van der Waals surface area (Å²) in [5.74, 6) is -7.38. The molecule has 0 radical (unpaired) electrons. The highest BCUT2D eigenvalue weighted by Crippen LogP contribution is 2.35. The summed E-state index contributed by atoms with van der Waals surface area (Å²) in [6, 6.07) is 0. The minimum Gasteiger partial charge on any atom is -0.360 e. The molecule has 5 nitrogen and oxygen atoms in total. The second-order valence-electron chi connectivity index (χ2n) is 2.98. The van der Waals surface area contributed by atoms with E-state index in [1.165, 1.54) is 6.92 Å². The van der Waals surface area contributed by atoms with Crippen molar-refractivity contribution in [2.45, 2.75) is 24.9 Å². The topological polar surface area (TPSA) is 98.0 Å². The van der Waals surface area contributed by atoms with Crippen molar-refractivity contribution in [1.82, 2.24) is 0 Å². The molecule has 1 atom stereocenters. The highest BCUT2D eigenvalue weighted by Gasteiger charge is 2.58. The predicted molar refractivity (Wildman–Crippen MR) is 33.1 cm³/mol. The van der Waals surface area contributed by atoms with E-state index in [0.717, 1.165) is 0 Å². The fourth-order valence-electron chi connectivity index (χ4n) is 1.18. The van der Waals surface area contributed by atoms with E-state index in [9.17, 15) is 4.79 Å². The average Bonchev–Trinajstić information content (AvgIpc) is 1.94. The number of Topliss-reactive ketones (excluding diaryl/α,β-unsaturated/α-hetero) is 1. The van der Waals surface area contributed by atoms with Crippen molar-refractivity contribution < 1.29 is 25.2 Å². The third-order valence-electron chi connectivity index (χ3n) is 1.98. The number of carbonyl (C=O) groups is 1. The molecular weight excluding hydrogens is 152 g/mol. The number of hydrogen-bond acceptors (Lipinski definition) is 5. The Balaban J connectivity index is 2.99. The molecule has 0 aromatic rings. The third-order valence-corrected chi connectivity index (χ3v) is 1.98. The Morgan fingerprint density at radius 2 is 1.82 bits per heavy atom. The molecule has 0 aromatic carbocycles. The monoisotopic (exact) mass is 162 g/mol. The van der Waals surface area contributed by atoms with Crippen molar-refractivity contribution in [3.63, 3.8) is 0 Å². The summed E-state index contributed by atoms with van der Waals surface area (Å²) in [6.45, 7) is 1.35. The van der Waals surface area contributed by atoms with E-state index < -0.39 is 23.3 Å². The molecule has 1 fully saturated rings. The molecule has 0 amide bonds. The average molecular weight is 162 g/mol. The first-order valence-electron chi connectivity index (χ1n) is 3.23. The van der Waals surface area contributed by atoms with Gasteiger partial charge in [0, 0.05) is 12.3 Å². The maximum absolute atomic E-state index is 10.8. The Bertz CT molecular complexity index is 195. The fraction of sp³-hybridized carbons (Fsp3) is 0.833. The van der Waals surface area contributed by atoms with Crippen LogP contribution in [0, 0.1) is 5.92 Å². The van der Waals surface area contributed by atoms with Gasteiger partial charge in [0.1, 0.15) is 0 Å². The molecule has 0 aliphatic heterocycles. The second-order valence-corrected chi connectivity index (χ2v) is 2.98. The minimum atomic E-state index is -2.59. The number of rotatable bonds is 0. The highest BCUT2D eigenvalue weighted by atomic mass is 16.5. The van der Waals surface area contributed by atoms with Crippen LogP contribution in [0.5, 0.6) is 0 Å². The molecule has 0 spiro atoms. The van der Waals surface area contributed by atoms with E-state index >= 15 is 0 Å². The van der Waals surface area contributed by atoms with E-state index in [1.807, 2.05) is 0 Å². The molecule has 4 N–H and O–H groups in total. The lowest BCUT2D eigenvalue weighted by molar-refractivity contribution is -0.209. The molecule has 1 saturated carbocycles. The SMILES string of the molecule is CC1CC(O)(O)C(=O)C1(O)O. The summed E-state index contributed by atoms with van der Waals surface area (Å²) < 4.78 is 0. The van der Waals surface area contributed by atoms with Crippen molar-refractivity contribution in [1.29, 1.82) is 0 Å². The van der Waals surface area contributed by atoms with Gasteiger partial charge in [-0.3, -0.25) is 4.79 Å². The summed E-state index contributed by atoms with van der Waals surface area (Å²) >= 11 is 0. The quantitative estimate of drug-likeness (QED) is 0.307. The zero-order valence-corrected chi connectivity index (χ0v) is 5.98. The Labute approximate surface area is 62.9 Å². The molecule has 0 bridgehead atoms. The van der Waals surface area contributed by atoms with Gasteiger partial charge in [0.05, 0.1) is 0 Å². The molecule has 11 heavy (non-hydrogen) atoms. The Hall–Kier alpha value is -0.490. The zero-order chi connectivity index (χ0) is 8.86. The van der Waals surface area contributed by atoms with Gasteiger partial charge in [-0.25, -0.2) is 0 Å².